The van der Waals surface area contributed by atoms with E-state index in [0.717, 1.165) is 0 Å². The lowest BCUT2D eigenvalue weighted by atomic mass is 9.68. The van der Waals surface area contributed by atoms with Crippen LogP contribution in [-0.4, -0.2) is 18.2 Å². The maximum Gasteiger partial charge on any atom is 0.0704 e. The number of ether oxygens (including phenoxy) is 1. The minimum absolute atomic E-state index is 0.206. The van der Waals surface area contributed by atoms with Crippen LogP contribution in [0.1, 0.15) is 58.8 Å². The zero-order valence-electron chi connectivity index (χ0n) is 10.2. The zero-order chi connectivity index (χ0) is 10.9. The lowest BCUT2D eigenvalue weighted by Gasteiger charge is -2.47. The molecule has 2 fully saturated rings. The number of nitrogens with two attached hydrogens (primary N) is 1. The van der Waals surface area contributed by atoms with Crippen molar-refractivity contribution in [3.8, 4) is 0 Å². The van der Waals surface area contributed by atoms with Gasteiger partial charge in [0, 0.05) is 6.54 Å². The van der Waals surface area contributed by atoms with Crippen LogP contribution < -0.4 is 5.73 Å². The van der Waals surface area contributed by atoms with Gasteiger partial charge in [0.05, 0.1) is 11.7 Å². The second kappa shape index (κ2) is 4.06. The van der Waals surface area contributed by atoms with Gasteiger partial charge in [-0.1, -0.05) is 13.8 Å². The predicted octanol–water partition coefficient (Wildman–Crippen LogP) is 2.85. The Morgan fingerprint density at radius 2 is 1.80 bits per heavy atom. The van der Waals surface area contributed by atoms with E-state index in [4.69, 9.17) is 10.5 Å². The summed E-state index contributed by atoms with van der Waals surface area (Å²) in [4.78, 5) is 0. The van der Waals surface area contributed by atoms with E-state index in [9.17, 15) is 0 Å². The highest BCUT2D eigenvalue weighted by Crippen LogP contribution is 2.46. The molecule has 0 aromatic heterocycles. The largest absolute Gasteiger partial charge is 0.370 e. The number of hydrogen-bond donors (Lipinski definition) is 1. The Labute approximate surface area is 93.6 Å². The van der Waals surface area contributed by atoms with Gasteiger partial charge in [0.1, 0.15) is 0 Å². The molecule has 1 saturated carbocycles. The molecular weight excluding hydrogens is 186 g/mol. The Morgan fingerprint density at radius 3 is 2.40 bits per heavy atom. The first-order valence-corrected chi connectivity index (χ1v) is 6.43. The van der Waals surface area contributed by atoms with E-state index in [1.54, 1.807) is 0 Å². The fourth-order valence-corrected chi connectivity index (χ4v) is 3.04. The fraction of sp³-hybridized carbons (Fsp3) is 1.00. The SMILES string of the molecule is CC1(C)CCC2(CCCC(CN)O2)CC1. The standard InChI is InChI=1S/C13H25NO/c1-12(2)6-8-13(9-7-12)5-3-4-11(10-14)15-13/h11H,3-10,14H2,1-2H3. The third-order valence-corrected chi connectivity index (χ3v) is 4.35. The van der Waals surface area contributed by atoms with E-state index in [0.29, 0.717) is 18.1 Å². The van der Waals surface area contributed by atoms with E-state index in [2.05, 4.69) is 13.8 Å². The van der Waals surface area contributed by atoms with Crippen LogP contribution in [-0.2, 0) is 4.74 Å². The summed E-state index contributed by atoms with van der Waals surface area (Å²) in [5, 5.41) is 0. The van der Waals surface area contributed by atoms with Crippen molar-refractivity contribution in [1.82, 2.24) is 0 Å². The molecule has 0 aromatic rings. The Morgan fingerprint density at radius 1 is 1.13 bits per heavy atom. The molecule has 0 aromatic carbocycles. The molecule has 2 N–H and O–H groups in total. The maximum absolute atomic E-state index is 6.23. The zero-order valence-corrected chi connectivity index (χ0v) is 10.2. The maximum atomic E-state index is 6.23. The molecule has 1 unspecified atom stereocenters. The van der Waals surface area contributed by atoms with Crippen LogP contribution in [0.4, 0.5) is 0 Å². The van der Waals surface area contributed by atoms with Gasteiger partial charge in [0.15, 0.2) is 0 Å². The van der Waals surface area contributed by atoms with Gasteiger partial charge in [-0.15, -0.1) is 0 Å². The highest BCUT2D eigenvalue weighted by atomic mass is 16.5. The van der Waals surface area contributed by atoms with Crippen LogP contribution in [0.3, 0.4) is 0 Å². The second-order valence-corrected chi connectivity index (χ2v) is 6.22. The molecule has 2 heteroatoms. The van der Waals surface area contributed by atoms with Crippen LogP contribution in [0.15, 0.2) is 0 Å². The molecule has 0 bridgehead atoms. The van der Waals surface area contributed by atoms with Crippen LogP contribution >= 0.6 is 0 Å². The van der Waals surface area contributed by atoms with Gasteiger partial charge >= 0.3 is 0 Å². The van der Waals surface area contributed by atoms with Gasteiger partial charge < -0.3 is 10.5 Å². The lowest BCUT2D eigenvalue weighted by molar-refractivity contribution is -0.152. The van der Waals surface area contributed by atoms with Crippen molar-refractivity contribution >= 4 is 0 Å². The van der Waals surface area contributed by atoms with Crippen LogP contribution in [0.25, 0.3) is 0 Å². The third-order valence-electron chi connectivity index (χ3n) is 4.35. The van der Waals surface area contributed by atoms with Crippen LogP contribution in [0.5, 0.6) is 0 Å². The van der Waals surface area contributed by atoms with Crippen molar-refractivity contribution in [2.24, 2.45) is 11.1 Å². The highest BCUT2D eigenvalue weighted by Gasteiger charge is 2.42. The van der Waals surface area contributed by atoms with E-state index in [1.807, 2.05) is 0 Å². The summed E-state index contributed by atoms with van der Waals surface area (Å²) >= 11 is 0. The van der Waals surface area contributed by atoms with Crippen molar-refractivity contribution < 1.29 is 4.74 Å². The van der Waals surface area contributed by atoms with Crippen molar-refractivity contribution in [1.29, 1.82) is 0 Å². The van der Waals surface area contributed by atoms with E-state index < -0.39 is 0 Å². The summed E-state index contributed by atoms with van der Waals surface area (Å²) in [6.07, 6.45) is 9.19. The molecule has 1 atom stereocenters. The molecule has 88 valence electrons. The Balaban J connectivity index is 1.96. The highest BCUT2D eigenvalue weighted by molar-refractivity contribution is 4.93. The van der Waals surface area contributed by atoms with Crippen LogP contribution in [0, 0.1) is 5.41 Å². The Kier molecular flexibility index (Phi) is 3.09. The molecule has 1 aliphatic heterocycles. The first-order chi connectivity index (χ1) is 7.05. The first kappa shape index (κ1) is 11.4. The summed E-state index contributed by atoms with van der Waals surface area (Å²) in [7, 11) is 0. The molecule has 0 amide bonds. The number of hydrogen-bond acceptors (Lipinski definition) is 2. The Bertz CT molecular complexity index is 215. The minimum Gasteiger partial charge on any atom is -0.370 e. The quantitative estimate of drug-likeness (QED) is 0.724. The molecule has 2 nitrogen and oxygen atoms in total. The van der Waals surface area contributed by atoms with Gasteiger partial charge in [0.2, 0.25) is 0 Å². The average molecular weight is 211 g/mol. The average Bonchev–Trinajstić information content (AvgIpc) is 2.24. The minimum atomic E-state index is 0.206. The monoisotopic (exact) mass is 211 g/mol. The summed E-state index contributed by atoms with van der Waals surface area (Å²) in [5.74, 6) is 0. The van der Waals surface area contributed by atoms with Crippen molar-refractivity contribution in [2.45, 2.75) is 70.5 Å². The van der Waals surface area contributed by atoms with E-state index in [1.165, 1.54) is 44.9 Å². The second-order valence-electron chi connectivity index (χ2n) is 6.22. The van der Waals surface area contributed by atoms with E-state index >= 15 is 0 Å². The first-order valence-electron chi connectivity index (χ1n) is 6.43. The normalized spacial score (nSPS) is 34.2. The van der Waals surface area contributed by atoms with Crippen molar-refractivity contribution in [3.05, 3.63) is 0 Å². The Hall–Kier alpha value is -0.0800. The molecule has 0 radical (unpaired) electrons. The van der Waals surface area contributed by atoms with Crippen molar-refractivity contribution in [3.63, 3.8) is 0 Å². The number of rotatable bonds is 1. The summed E-state index contributed by atoms with van der Waals surface area (Å²) in [5.41, 5.74) is 6.46. The van der Waals surface area contributed by atoms with Gasteiger partial charge in [-0.2, -0.15) is 0 Å². The van der Waals surface area contributed by atoms with Crippen LogP contribution in [0.2, 0.25) is 0 Å². The predicted molar refractivity (Wildman–Crippen MR) is 62.8 cm³/mol. The topological polar surface area (TPSA) is 35.2 Å². The molecular formula is C13H25NO. The third kappa shape index (κ3) is 2.54. The fourth-order valence-electron chi connectivity index (χ4n) is 3.04. The molecule has 15 heavy (non-hydrogen) atoms. The molecule has 2 rings (SSSR count). The molecule has 2 aliphatic rings. The van der Waals surface area contributed by atoms with Gasteiger partial charge in [0.25, 0.3) is 0 Å². The molecule has 1 saturated heterocycles. The van der Waals surface area contributed by atoms with Gasteiger partial charge in [-0.05, 0) is 50.4 Å². The molecule has 1 heterocycles. The molecule has 1 spiro atoms. The smallest absolute Gasteiger partial charge is 0.0704 e. The lowest BCUT2D eigenvalue weighted by Crippen LogP contribution is -2.46. The summed E-state index contributed by atoms with van der Waals surface area (Å²) < 4.78 is 6.23. The summed E-state index contributed by atoms with van der Waals surface area (Å²) in [6.45, 7) is 5.46. The van der Waals surface area contributed by atoms with Crippen molar-refractivity contribution in [2.75, 3.05) is 6.54 Å². The summed E-state index contributed by atoms with van der Waals surface area (Å²) in [6, 6.07) is 0. The van der Waals surface area contributed by atoms with Gasteiger partial charge in [-0.3, -0.25) is 0 Å². The van der Waals surface area contributed by atoms with E-state index in [-0.39, 0.29) is 5.60 Å². The molecule has 1 aliphatic carbocycles. The van der Waals surface area contributed by atoms with Gasteiger partial charge in [-0.25, -0.2) is 0 Å².